The molecule has 1 saturated heterocycles. The van der Waals surface area contributed by atoms with Crippen molar-refractivity contribution < 1.29 is 14.3 Å². The van der Waals surface area contributed by atoms with E-state index in [2.05, 4.69) is 4.74 Å². The molecule has 0 spiro atoms. The molecule has 1 rings (SSSR count). The third kappa shape index (κ3) is 3.09. The van der Waals surface area contributed by atoms with Crippen molar-refractivity contribution in [2.45, 2.75) is 6.10 Å². The molecule has 0 aromatic rings. The fourth-order valence-corrected chi connectivity index (χ4v) is 1.21. The van der Waals surface area contributed by atoms with Crippen LogP contribution in [-0.4, -0.2) is 49.4 Å². The molecule has 1 aliphatic heterocycles. The molecule has 14 heavy (non-hydrogen) atoms. The summed E-state index contributed by atoms with van der Waals surface area (Å²) >= 11 is 0. The van der Waals surface area contributed by atoms with E-state index in [-0.39, 0.29) is 18.7 Å². The number of amides is 1. The highest BCUT2D eigenvalue weighted by atomic mass is 16.6. The maximum absolute atomic E-state index is 10.3. The monoisotopic (exact) mass is 202 g/mol. The lowest BCUT2D eigenvalue weighted by Crippen LogP contribution is -2.49. The Bertz CT molecular complexity index is 233. The first-order valence-corrected chi connectivity index (χ1v) is 4.22. The summed E-state index contributed by atoms with van der Waals surface area (Å²) in [5.74, 6) is -0.00243. The van der Waals surface area contributed by atoms with E-state index >= 15 is 0 Å². The summed E-state index contributed by atoms with van der Waals surface area (Å²) in [6.45, 7) is 1.59. The van der Waals surface area contributed by atoms with Crippen LogP contribution in [0.25, 0.3) is 0 Å². The Morgan fingerprint density at radius 3 is 2.93 bits per heavy atom. The van der Waals surface area contributed by atoms with Gasteiger partial charge in [0.1, 0.15) is 12.7 Å². The lowest BCUT2D eigenvalue weighted by molar-refractivity contribution is -0.0372. The molecule has 1 unspecified atom stereocenters. The summed E-state index contributed by atoms with van der Waals surface area (Å²) < 4.78 is 9.87. The number of carbonyl (C=O) groups excluding carboxylic acids is 1. The minimum atomic E-state index is -0.825. The first-order valence-electron chi connectivity index (χ1n) is 4.22. The number of nitrogens with one attached hydrogen (secondary N) is 1. The molecule has 1 amide bonds. The van der Waals surface area contributed by atoms with Crippen molar-refractivity contribution in [3.63, 3.8) is 0 Å². The highest BCUT2D eigenvalue weighted by Crippen LogP contribution is 2.04. The Balaban J connectivity index is 2.32. The molecule has 0 aliphatic carbocycles. The number of morpholine rings is 1. The molecule has 80 valence electrons. The zero-order chi connectivity index (χ0) is 10.6. The second-order valence-electron chi connectivity index (χ2n) is 2.95. The number of ether oxygens (including phenoxy) is 2. The number of rotatable bonds is 2. The Labute approximate surface area is 81.4 Å². The molecule has 1 aliphatic rings. The predicted molar refractivity (Wildman–Crippen MR) is 48.8 cm³/mol. The maximum atomic E-state index is 10.3. The maximum Gasteiger partial charge on any atom is 0.404 e. The van der Waals surface area contributed by atoms with E-state index in [0.29, 0.717) is 19.7 Å². The molecule has 7 heteroatoms. The van der Waals surface area contributed by atoms with Gasteiger partial charge in [-0.1, -0.05) is 0 Å². The molecule has 7 nitrogen and oxygen atoms in total. The zero-order valence-corrected chi connectivity index (χ0v) is 7.73. The second-order valence-corrected chi connectivity index (χ2v) is 2.95. The van der Waals surface area contributed by atoms with Crippen molar-refractivity contribution in [2.24, 2.45) is 11.5 Å². The normalized spacial score (nSPS) is 21.7. The van der Waals surface area contributed by atoms with Crippen LogP contribution < -0.4 is 11.5 Å². The van der Waals surface area contributed by atoms with E-state index in [1.54, 1.807) is 4.90 Å². The second kappa shape index (κ2) is 4.66. The van der Waals surface area contributed by atoms with Crippen LogP contribution in [0.4, 0.5) is 4.79 Å². The first-order chi connectivity index (χ1) is 6.59. The van der Waals surface area contributed by atoms with Gasteiger partial charge in [0.15, 0.2) is 5.96 Å². The van der Waals surface area contributed by atoms with Gasteiger partial charge in [-0.05, 0) is 0 Å². The smallest absolute Gasteiger partial charge is 0.404 e. The Kier molecular flexibility index (Phi) is 3.52. The lowest BCUT2D eigenvalue weighted by atomic mass is 10.3. The fraction of sp³-hybridized carbons (Fsp3) is 0.714. The van der Waals surface area contributed by atoms with E-state index in [1.165, 1.54) is 0 Å². The number of nitrogens with two attached hydrogens (primary N) is 2. The standard InChI is InChI=1S/C7H14N4O3/c8-6(9)11-1-2-13-5(3-11)4-14-7(10)12/h5H,1-4H2,(H3,8,9)(H2,10,12). The minimum Gasteiger partial charge on any atom is -0.447 e. The number of guanidine groups is 1. The zero-order valence-electron chi connectivity index (χ0n) is 7.73. The van der Waals surface area contributed by atoms with Crippen molar-refractivity contribution in [3.8, 4) is 0 Å². The average molecular weight is 202 g/mol. The van der Waals surface area contributed by atoms with Crippen LogP contribution in [0, 0.1) is 5.41 Å². The lowest BCUT2D eigenvalue weighted by Gasteiger charge is -2.32. The van der Waals surface area contributed by atoms with Crippen LogP contribution in [0.15, 0.2) is 0 Å². The SMILES string of the molecule is N=C(N)N1CCOC(COC(N)=O)C1. The van der Waals surface area contributed by atoms with Crippen molar-refractivity contribution in [1.29, 1.82) is 5.41 Å². The third-order valence-corrected chi connectivity index (χ3v) is 1.89. The van der Waals surface area contributed by atoms with Crippen LogP contribution in [0.3, 0.4) is 0 Å². The van der Waals surface area contributed by atoms with Crippen molar-refractivity contribution >= 4 is 12.1 Å². The van der Waals surface area contributed by atoms with Crippen LogP contribution in [0.2, 0.25) is 0 Å². The van der Waals surface area contributed by atoms with Gasteiger partial charge in [0, 0.05) is 6.54 Å². The summed E-state index contributed by atoms with van der Waals surface area (Å²) in [7, 11) is 0. The molecule has 1 heterocycles. The van der Waals surface area contributed by atoms with E-state index < -0.39 is 6.09 Å². The molecule has 0 saturated carbocycles. The summed E-state index contributed by atoms with van der Waals surface area (Å²) in [5, 5.41) is 7.21. The summed E-state index contributed by atoms with van der Waals surface area (Å²) in [4.78, 5) is 12.0. The van der Waals surface area contributed by atoms with Crippen molar-refractivity contribution in [2.75, 3.05) is 26.3 Å². The molecular formula is C7H14N4O3. The minimum absolute atomic E-state index is 0.00243. The van der Waals surface area contributed by atoms with E-state index in [9.17, 15) is 4.79 Å². The summed E-state index contributed by atoms with van der Waals surface area (Å²) in [6, 6.07) is 0. The Hall–Kier alpha value is -1.50. The fourth-order valence-electron chi connectivity index (χ4n) is 1.21. The predicted octanol–water partition coefficient (Wildman–Crippen LogP) is -1.32. The van der Waals surface area contributed by atoms with E-state index in [4.69, 9.17) is 21.6 Å². The molecule has 0 aromatic heterocycles. The van der Waals surface area contributed by atoms with Crippen molar-refractivity contribution in [3.05, 3.63) is 0 Å². The number of nitrogens with zero attached hydrogens (tertiary/aromatic N) is 1. The topological polar surface area (TPSA) is 115 Å². The Morgan fingerprint density at radius 2 is 2.36 bits per heavy atom. The van der Waals surface area contributed by atoms with Crippen LogP contribution in [0.1, 0.15) is 0 Å². The van der Waals surface area contributed by atoms with Crippen LogP contribution in [-0.2, 0) is 9.47 Å². The largest absolute Gasteiger partial charge is 0.447 e. The highest BCUT2D eigenvalue weighted by Gasteiger charge is 2.21. The van der Waals surface area contributed by atoms with Gasteiger partial charge in [0.05, 0.1) is 13.2 Å². The van der Waals surface area contributed by atoms with Gasteiger partial charge in [-0.15, -0.1) is 0 Å². The number of hydrogen-bond acceptors (Lipinski definition) is 4. The third-order valence-electron chi connectivity index (χ3n) is 1.89. The van der Waals surface area contributed by atoms with Gasteiger partial charge < -0.3 is 25.8 Å². The molecule has 1 fully saturated rings. The molecule has 1 atom stereocenters. The molecule has 0 aromatic carbocycles. The quantitative estimate of drug-likeness (QED) is 0.379. The highest BCUT2D eigenvalue weighted by molar-refractivity contribution is 5.74. The number of primary amides is 1. The number of carbonyl (C=O) groups is 1. The van der Waals surface area contributed by atoms with Gasteiger partial charge >= 0.3 is 6.09 Å². The van der Waals surface area contributed by atoms with Gasteiger partial charge in [-0.25, -0.2) is 4.79 Å². The number of hydrogen-bond donors (Lipinski definition) is 3. The average Bonchev–Trinajstić information content (AvgIpc) is 2.15. The molecule has 0 radical (unpaired) electrons. The Morgan fingerprint density at radius 1 is 1.64 bits per heavy atom. The summed E-state index contributed by atoms with van der Waals surface area (Å²) in [5.41, 5.74) is 10.1. The van der Waals surface area contributed by atoms with Gasteiger partial charge in [0.2, 0.25) is 0 Å². The van der Waals surface area contributed by atoms with Gasteiger partial charge in [-0.2, -0.15) is 0 Å². The summed E-state index contributed by atoms with van der Waals surface area (Å²) in [6.07, 6.45) is -1.09. The van der Waals surface area contributed by atoms with Crippen LogP contribution >= 0.6 is 0 Å². The van der Waals surface area contributed by atoms with E-state index in [1.807, 2.05) is 0 Å². The van der Waals surface area contributed by atoms with E-state index in [0.717, 1.165) is 0 Å². The molecule has 0 bridgehead atoms. The van der Waals surface area contributed by atoms with Crippen LogP contribution in [0.5, 0.6) is 0 Å². The molecular weight excluding hydrogens is 188 g/mol. The molecule has 5 N–H and O–H groups in total. The van der Waals surface area contributed by atoms with Crippen molar-refractivity contribution in [1.82, 2.24) is 4.90 Å². The van der Waals surface area contributed by atoms with Gasteiger partial charge in [0.25, 0.3) is 0 Å². The van der Waals surface area contributed by atoms with Gasteiger partial charge in [-0.3, -0.25) is 5.41 Å². The first kappa shape index (κ1) is 10.6.